The van der Waals surface area contributed by atoms with Crippen molar-refractivity contribution in [3.8, 4) is 0 Å². The number of hydrogen-bond donors (Lipinski definition) is 0. The van der Waals surface area contributed by atoms with Gasteiger partial charge in [-0.05, 0) is 49.6 Å². The molecule has 0 atom stereocenters. The van der Waals surface area contributed by atoms with Crippen LogP contribution >= 0.6 is 0 Å². The zero-order valence-corrected chi connectivity index (χ0v) is 20.1. The van der Waals surface area contributed by atoms with E-state index in [9.17, 15) is 28.1 Å². The van der Waals surface area contributed by atoms with Crippen LogP contribution in [-0.2, 0) is 21.2 Å². The first kappa shape index (κ1) is 25.3. The molecule has 0 spiro atoms. The number of carbonyl (C=O) groups is 2. The SMILES string of the molecule is CCOC(=O)c1cc(C(=O)N2CCCc3cc(S(=O)(=O)N(CC)CC)ccc32)cc([N+](=O)[O-])c1. The summed E-state index contributed by atoms with van der Waals surface area (Å²) in [6.45, 7) is 6.27. The van der Waals surface area contributed by atoms with Gasteiger partial charge in [0.15, 0.2) is 0 Å². The van der Waals surface area contributed by atoms with E-state index in [-0.39, 0.29) is 22.6 Å². The van der Waals surface area contributed by atoms with Gasteiger partial charge in [-0.15, -0.1) is 0 Å². The number of esters is 1. The molecule has 0 radical (unpaired) electrons. The van der Waals surface area contributed by atoms with Crippen molar-refractivity contribution in [2.45, 2.75) is 38.5 Å². The van der Waals surface area contributed by atoms with Gasteiger partial charge in [-0.2, -0.15) is 4.31 Å². The lowest BCUT2D eigenvalue weighted by molar-refractivity contribution is -0.384. The number of anilines is 1. The second kappa shape index (κ2) is 10.3. The fourth-order valence-corrected chi connectivity index (χ4v) is 5.49. The summed E-state index contributed by atoms with van der Waals surface area (Å²) in [5.74, 6) is -1.28. The first-order valence-corrected chi connectivity index (χ1v) is 12.5. The van der Waals surface area contributed by atoms with Crippen molar-refractivity contribution in [2.75, 3.05) is 31.1 Å². The number of sulfonamides is 1. The molecule has 1 heterocycles. The van der Waals surface area contributed by atoms with E-state index >= 15 is 0 Å². The number of nitro groups is 1. The smallest absolute Gasteiger partial charge is 0.338 e. The van der Waals surface area contributed by atoms with Crippen molar-refractivity contribution in [3.63, 3.8) is 0 Å². The molecule has 0 aliphatic carbocycles. The average Bonchev–Trinajstić information content (AvgIpc) is 2.83. The summed E-state index contributed by atoms with van der Waals surface area (Å²) in [5.41, 5.74) is 0.733. The van der Waals surface area contributed by atoms with E-state index in [0.29, 0.717) is 43.7 Å². The number of aryl methyl sites for hydroxylation is 1. The number of amides is 1. The zero-order valence-electron chi connectivity index (χ0n) is 19.3. The molecule has 0 saturated carbocycles. The number of ether oxygens (including phenoxy) is 1. The number of hydrogen-bond acceptors (Lipinski definition) is 7. The minimum atomic E-state index is -3.66. The van der Waals surface area contributed by atoms with Crippen LogP contribution in [0.5, 0.6) is 0 Å². The Morgan fingerprint density at radius 1 is 1.09 bits per heavy atom. The van der Waals surface area contributed by atoms with E-state index < -0.39 is 32.5 Å². The number of rotatable bonds is 8. The van der Waals surface area contributed by atoms with Gasteiger partial charge in [-0.1, -0.05) is 13.8 Å². The summed E-state index contributed by atoms with van der Waals surface area (Å²) in [6.07, 6.45) is 1.18. The zero-order chi connectivity index (χ0) is 25.0. The number of nitrogens with zero attached hydrogens (tertiary/aromatic N) is 3. The maximum atomic E-state index is 13.4. The molecule has 0 saturated heterocycles. The first-order valence-electron chi connectivity index (χ1n) is 11.1. The summed E-state index contributed by atoms with van der Waals surface area (Å²) in [5, 5.41) is 11.4. The van der Waals surface area contributed by atoms with Gasteiger partial charge in [0.2, 0.25) is 10.0 Å². The molecule has 0 bridgehead atoms. The van der Waals surface area contributed by atoms with Crippen LogP contribution in [-0.4, -0.2) is 55.8 Å². The van der Waals surface area contributed by atoms with Gasteiger partial charge in [-0.3, -0.25) is 14.9 Å². The van der Waals surface area contributed by atoms with Gasteiger partial charge in [-0.25, -0.2) is 13.2 Å². The normalized spacial score (nSPS) is 13.5. The maximum absolute atomic E-state index is 13.4. The van der Waals surface area contributed by atoms with Gasteiger partial charge >= 0.3 is 5.97 Å². The quantitative estimate of drug-likeness (QED) is 0.316. The predicted molar refractivity (Wildman–Crippen MR) is 126 cm³/mol. The van der Waals surface area contributed by atoms with Crippen molar-refractivity contribution in [3.05, 3.63) is 63.2 Å². The second-order valence-electron chi connectivity index (χ2n) is 7.69. The molecule has 182 valence electrons. The highest BCUT2D eigenvalue weighted by Gasteiger charge is 2.29. The fraction of sp³-hybridized carbons (Fsp3) is 0.391. The minimum Gasteiger partial charge on any atom is -0.462 e. The number of fused-ring (bicyclic) bond motifs is 1. The summed E-state index contributed by atoms with van der Waals surface area (Å²) in [6, 6.07) is 8.12. The third-order valence-electron chi connectivity index (χ3n) is 5.64. The third kappa shape index (κ3) is 4.95. The van der Waals surface area contributed by atoms with Crippen LogP contribution in [0.1, 0.15) is 53.5 Å². The Balaban J connectivity index is 2.01. The molecule has 0 aromatic heterocycles. The van der Waals surface area contributed by atoms with E-state index in [1.807, 2.05) is 0 Å². The maximum Gasteiger partial charge on any atom is 0.338 e. The van der Waals surface area contributed by atoms with Crippen LogP contribution < -0.4 is 4.90 Å². The van der Waals surface area contributed by atoms with Crippen LogP contribution in [0, 0.1) is 10.1 Å². The van der Waals surface area contributed by atoms with Gasteiger partial charge < -0.3 is 9.64 Å². The largest absolute Gasteiger partial charge is 0.462 e. The molecule has 0 unspecified atom stereocenters. The summed E-state index contributed by atoms with van der Waals surface area (Å²) < 4.78 is 32.1. The molecule has 0 N–H and O–H groups in total. The Morgan fingerprint density at radius 3 is 2.38 bits per heavy atom. The highest BCUT2D eigenvalue weighted by Crippen LogP contribution is 2.32. The number of nitro benzene ring substituents is 1. The molecule has 2 aromatic rings. The lowest BCUT2D eigenvalue weighted by atomic mass is 10.00. The van der Waals surface area contributed by atoms with Crippen molar-refractivity contribution >= 4 is 33.3 Å². The fourth-order valence-electron chi connectivity index (χ4n) is 3.99. The predicted octanol–water partition coefficient (Wildman–Crippen LogP) is 3.40. The van der Waals surface area contributed by atoms with E-state index in [1.54, 1.807) is 32.9 Å². The van der Waals surface area contributed by atoms with Crippen LogP contribution in [0.4, 0.5) is 11.4 Å². The highest BCUT2D eigenvalue weighted by atomic mass is 32.2. The molecule has 0 fully saturated rings. The Labute approximate surface area is 198 Å². The van der Waals surface area contributed by atoms with E-state index in [2.05, 4.69) is 0 Å². The van der Waals surface area contributed by atoms with Crippen molar-refractivity contribution in [2.24, 2.45) is 0 Å². The summed E-state index contributed by atoms with van der Waals surface area (Å²) in [7, 11) is -3.66. The topological polar surface area (TPSA) is 127 Å². The molecule has 10 nitrogen and oxygen atoms in total. The molecule has 34 heavy (non-hydrogen) atoms. The molecular weight excluding hydrogens is 462 g/mol. The molecule has 3 rings (SSSR count). The minimum absolute atomic E-state index is 0.0232. The van der Waals surface area contributed by atoms with E-state index in [4.69, 9.17) is 4.74 Å². The second-order valence-corrected chi connectivity index (χ2v) is 9.62. The van der Waals surface area contributed by atoms with Crippen LogP contribution in [0.3, 0.4) is 0 Å². The lowest BCUT2D eigenvalue weighted by Gasteiger charge is -2.30. The molecule has 1 aliphatic rings. The third-order valence-corrected chi connectivity index (χ3v) is 7.69. The number of non-ortho nitro benzene ring substituents is 1. The van der Waals surface area contributed by atoms with Gasteiger partial charge in [0, 0.05) is 43.0 Å². The Bertz CT molecular complexity index is 1220. The van der Waals surface area contributed by atoms with Gasteiger partial charge in [0.25, 0.3) is 11.6 Å². The average molecular weight is 490 g/mol. The highest BCUT2D eigenvalue weighted by molar-refractivity contribution is 7.89. The lowest BCUT2D eigenvalue weighted by Crippen LogP contribution is -2.36. The number of carbonyl (C=O) groups excluding carboxylic acids is 2. The molecule has 2 aromatic carbocycles. The van der Waals surface area contributed by atoms with Crippen molar-refractivity contribution in [1.82, 2.24) is 4.31 Å². The first-order chi connectivity index (χ1) is 16.1. The molecule has 1 aliphatic heterocycles. The molecular formula is C23H27N3O7S. The summed E-state index contributed by atoms with van der Waals surface area (Å²) in [4.78, 5) is 37.9. The Morgan fingerprint density at radius 2 is 1.76 bits per heavy atom. The van der Waals surface area contributed by atoms with Crippen molar-refractivity contribution in [1.29, 1.82) is 0 Å². The Kier molecular flexibility index (Phi) is 7.68. The molecule has 11 heteroatoms. The van der Waals surface area contributed by atoms with Crippen LogP contribution in [0.15, 0.2) is 41.3 Å². The monoisotopic (exact) mass is 489 g/mol. The van der Waals surface area contributed by atoms with Crippen molar-refractivity contribution < 1.29 is 27.7 Å². The van der Waals surface area contributed by atoms with Crippen LogP contribution in [0.2, 0.25) is 0 Å². The Hall–Kier alpha value is -3.31. The van der Waals surface area contributed by atoms with Crippen LogP contribution in [0.25, 0.3) is 0 Å². The van der Waals surface area contributed by atoms with Gasteiger partial charge in [0.1, 0.15) is 0 Å². The summed E-state index contributed by atoms with van der Waals surface area (Å²) >= 11 is 0. The molecule has 1 amide bonds. The van der Waals surface area contributed by atoms with Gasteiger partial charge in [0.05, 0.1) is 22.0 Å². The standard InChI is InChI=1S/C23H27N3O7S/c1-4-24(5-2)34(31,32)20-9-10-21-16(15-20)8-7-11-25(21)22(27)17-12-18(23(28)33-6-3)14-19(13-17)26(29)30/h9-10,12-15H,4-8,11H2,1-3H3. The number of benzene rings is 2. The van der Waals surface area contributed by atoms with E-state index in [0.717, 1.165) is 12.1 Å². The van der Waals surface area contributed by atoms with E-state index in [1.165, 1.54) is 21.3 Å².